The van der Waals surface area contributed by atoms with Crippen molar-refractivity contribution in [3.05, 3.63) is 52.3 Å². The smallest absolute Gasteiger partial charge is 0.270 e. The first-order valence-corrected chi connectivity index (χ1v) is 7.69. The molecule has 5 heteroatoms. The van der Waals surface area contributed by atoms with E-state index in [1.807, 2.05) is 22.9 Å². The fourth-order valence-corrected chi connectivity index (χ4v) is 2.74. The van der Waals surface area contributed by atoms with Crippen LogP contribution in [-0.4, -0.2) is 27.5 Å². The van der Waals surface area contributed by atoms with Gasteiger partial charge in [-0.3, -0.25) is 4.79 Å². The Morgan fingerprint density at radius 2 is 2.14 bits per heavy atom. The Bertz CT molecular complexity index is 637. The number of amides is 1. The van der Waals surface area contributed by atoms with Crippen molar-refractivity contribution in [2.24, 2.45) is 0 Å². The number of halogens is 1. The van der Waals surface area contributed by atoms with Crippen molar-refractivity contribution in [1.29, 1.82) is 0 Å². The van der Waals surface area contributed by atoms with Crippen molar-refractivity contribution in [2.75, 3.05) is 7.05 Å². The number of carbonyl (C=O) groups excluding carboxylic acids is 1. The van der Waals surface area contributed by atoms with E-state index in [0.717, 1.165) is 23.0 Å². The number of rotatable bonds is 5. The molecule has 0 bridgehead atoms. The Morgan fingerprint density at radius 1 is 1.38 bits per heavy atom. The lowest BCUT2D eigenvalue weighted by molar-refractivity contribution is 0.0774. The summed E-state index contributed by atoms with van der Waals surface area (Å²) in [5.74, 6) is 0.183. The van der Waals surface area contributed by atoms with Gasteiger partial charge in [-0.1, -0.05) is 19.1 Å². The van der Waals surface area contributed by atoms with Crippen molar-refractivity contribution in [2.45, 2.75) is 26.4 Å². The number of phenols is 1. The van der Waals surface area contributed by atoms with Crippen molar-refractivity contribution in [3.8, 4) is 5.75 Å². The molecule has 0 saturated carbocycles. The molecule has 0 saturated heterocycles. The molecular weight excluding hydrogens is 332 g/mol. The Labute approximate surface area is 133 Å². The molecule has 4 nitrogen and oxygen atoms in total. The molecule has 0 atom stereocenters. The van der Waals surface area contributed by atoms with Gasteiger partial charge in [-0.25, -0.2) is 0 Å². The fraction of sp³-hybridized carbons (Fsp3) is 0.312. The second-order valence-corrected chi connectivity index (χ2v) is 5.98. The van der Waals surface area contributed by atoms with Crippen LogP contribution in [0.2, 0.25) is 0 Å². The molecule has 0 unspecified atom stereocenters. The molecular formula is C16H19BrN2O2. The van der Waals surface area contributed by atoms with E-state index in [0.29, 0.717) is 12.2 Å². The van der Waals surface area contributed by atoms with E-state index in [1.54, 1.807) is 30.1 Å². The zero-order chi connectivity index (χ0) is 15.4. The summed E-state index contributed by atoms with van der Waals surface area (Å²) in [7, 11) is 1.77. The number of benzene rings is 1. The van der Waals surface area contributed by atoms with E-state index in [-0.39, 0.29) is 11.7 Å². The fourth-order valence-electron chi connectivity index (χ4n) is 2.28. The van der Waals surface area contributed by atoms with Crippen LogP contribution in [0.5, 0.6) is 5.75 Å². The lowest BCUT2D eigenvalue weighted by atomic mass is 10.2. The van der Waals surface area contributed by atoms with Crippen LogP contribution in [0.1, 0.15) is 29.4 Å². The number of nitrogens with zero attached hydrogens (tertiary/aromatic N) is 2. The molecule has 2 aromatic rings. The molecule has 1 N–H and O–H groups in total. The Hall–Kier alpha value is -1.75. The standard InChI is InChI=1S/C16H19BrN2O2/c1-3-7-19-11-13(17)9-15(19)16(21)18(2)10-12-5-4-6-14(20)8-12/h4-6,8-9,11,20H,3,7,10H2,1-2H3. The third-order valence-corrected chi connectivity index (χ3v) is 3.66. The number of aromatic hydroxyl groups is 1. The second kappa shape index (κ2) is 6.80. The minimum Gasteiger partial charge on any atom is -0.508 e. The summed E-state index contributed by atoms with van der Waals surface area (Å²) >= 11 is 3.42. The number of carbonyl (C=O) groups is 1. The lowest BCUT2D eigenvalue weighted by Crippen LogP contribution is -2.28. The molecule has 0 fully saturated rings. The van der Waals surface area contributed by atoms with Gasteiger partial charge in [0.05, 0.1) is 0 Å². The van der Waals surface area contributed by atoms with Crippen LogP contribution < -0.4 is 0 Å². The zero-order valence-corrected chi connectivity index (χ0v) is 13.8. The maximum absolute atomic E-state index is 12.6. The molecule has 1 aromatic heterocycles. The van der Waals surface area contributed by atoms with Crippen LogP contribution in [0.4, 0.5) is 0 Å². The van der Waals surface area contributed by atoms with Gasteiger partial charge in [-0.2, -0.15) is 0 Å². The predicted molar refractivity (Wildman–Crippen MR) is 86.3 cm³/mol. The van der Waals surface area contributed by atoms with Gasteiger partial charge in [-0.15, -0.1) is 0 Å². The molecule has 21 heavy (non-hydrogen) atoms. The summed E-state index contributed by atoms with van der Waals surface area (Å²) in [4.78, 5) is 14.2. The monoisotopic (exact) mass is 350 g/mol. The van der Waals surface area contributed by atoms with Crippen LogP contribution in [0.15, 0.2) is 41.0 Å². The van der Waals surface area contributed by atoms with Crippen LogP contribution in [0.3, 0.4) is 0 Å². The molecule has 112 valence electrons. The zero-order valence-electron chi connectivity index (χ0n) is 12.2. The summed E-state index contributed by atoms with van der Waals surface area (Å²) in [6.45, 7) is 3.35. The molecule has 0 spiro atoms. The topological polar surface area (TPSA) is 45.5 Å². The Kier molecular flexibility index (Phi) is 5.07. The van der Waals surface area contributed by atoms with Crippen molar-refractivity contribution >= 4 is 21.8 Å². The van der Waals surface area contributed by atoms with E-state index < -0.39 is 0 Å². The lowest BCUT2D eigenvalue weighted by Gasteiger charge is -2.18. The van der Waals surface area contributed by atoms with E-state index >= 15 is 0 Å². The Morgan fingerprint density at radius 3 is 2.81 bits per heavy atom. The summed E-state index contributed by atoms with van der Waals surface area (Å²) < 4.78 is 2.87. The SMILES string of the molecule is CCCn1cc(Br)cc1C(=O)N(C)Cc1cccc(O)c1. The van der Waals surface area contributed by atoms with Gasteiger partial charge in [0, 0.05) is 30.8 Å². The second-order valence-electron chi connectivity index (χ2n) is 5.07. The number of aryl methyl sites for hydroxylation is 1. The molecule has 0 aliphatic heterocycles. The van der Waals surface area contributed by atoms with Gasteiger partial charge >= 0.3 is 0 Å². The van der Waals surface area contributed by atoms with Crippen molar-refractivity contribution < 1.29 is 9.90 Å². The molecule has 1 amide bonds. The highest BCUT2D eigenvalue weighted by atomic mass is 79.9. The first kappa shape index (κ1) is 15.6. The minimum atomic E-state index is -0.0301. The summed E-state index contributed by atoms with van der Waals surface area (Å²) in [5.41, 5.74) is 1.57. The number of aromatic nitrogens is 1. The third-order valence-electron chi connectivity index (χ3n) is 3.22. The average molecular weight is 351 g/mol. The number of hydrogen-bond donors (Lipinski definition) is 1. The average Bonchev–Trinajstić information content (AvgIpc) is 2.79. The predicted octanol–water partition coefficient (Wildman–Crippen LogP) is 3.64. The van der Waals surface area contributed by atoms with Gasteiger partial charge in [0.15, 0.2) is 0 Å². The molecule has 2 rings (SSSR count). The normalized spacial score (nSPS) is 10.6. The first-order chi connectivity index (χ1) is 10.0. The van der Waals surface area contributed by atoms with Crippen LogP contribution in [0, 0.1) is 0 Å². The number of hydrogen-bond acceptors (Lipinski definition) is 2. The van der Waals surface area contributed by atoms with E-state index in [2.05, 4.69) is 22.9 Å². The van der Waals surface area contributed by atoms with Crippen LogP contribution in [0.25, 0.3) is 0 Å². The first-order valence-electron chi connectivity index (χ1n) is 6.90. The molecule has 0 radical (unpaired) electrons. The number of phenolic OH excluding ortho intramolecular Hbond substituents is 1. The quantitative estimate of drug-likeness (QED) is 0.894. The Balaban J connectivity index is 2.15. The maximum Gasteiger partial charge on any atom is 0.270 e. The highest BCUT2D eigenvalue weighted by molar-refractivity contribution is 9.10. The minimum absolute atomic E-state index is 0.0301. The summed E-state index contributed by atoms with van der Waals surface area (Å²) in [5, 5.41) is 9.49. The summed E-state index contributed by atoms with van der Waals surface area (Å²) in [6, 6.07) is 8.81. The maximum atomic E-state index is 12.6. The van der Waals surface area contributed by atoms with Gasteiger partial charge in [0.1, 0.15) is 11.4 Å². The van der Waals surface area contributed by atoms with Gasteiger partial charge in [0.25, 0.3) is 5.91 Å². The molecule has 0 aliphatic carbocycles. The molecule has 1 aromatic carbocycles. The molecule has 0 aliphatic rings. The van der Waals surface area contributed by atoms with E-state index in [1.165, 1.54) is 0 Å². The van der Waals surface area contributed by atoms with Crippen molar-refractivity contribution in [1.82, 2.24) is 9.47 Å². The van der Waals surface area contributed by atoms with Crippen LogP contribution in [-0.2, 0) is 13.1 Å². The van der Waals surface area contributed by atoms with Crippen molar-refractivity contribution in [3.63, 3.8) is 0 Å². The highest BCUT2D eigenvalue weighted by Crippen LogP contribution is 2.18. The largest absolute Gasteiger partial charge is 0.508 e. The summed E-state index contributed by atoms with van der Waals surface area (Å²) in [6.07, 6.45) is 2.90. The van der Waals surface area contributed by atoms with E-state index in [9.17, 15) is 9.90 Å². The van der Waals surface area contributed by atoms with E-state index in [4.69, 9.17) is 0 Å². The molecule has 1 heterocycles. The van der Waals surface area contributed by atoms with Gasteiger partial charge in [-0.05, 0) is 46.1 Å². The van der Waals surface area contributed by atoms with Crippen LogP contribution >= 0.6 is 15.9 Å². The highest BCUT2D eigenvalue weighted by Gasteiger charge is 2.17. The third kappa shape index (κ3) is 3.88. The van der Waals surface area contributed by atoms with Gasteiger partial charge < -0.3 is 14.6 Å². The van der Waals surface area contributed by atoms with Gasteiger partial charge in [0.2, 0.25) is 0 Å².